The summed E-state index contributed by atoms with van der Waals surface area (Å²) >= 11 is 5.87. The van der Waals surface area contributed by atoms with Crippen LogP contribution in [0.25, 0.3) is 0 Å². The van der Waals surface area contributed by atoms with E-state index in [9.17, 15) is 4.79 Å². The van der Waals surface area contributed by atoms with Crippen LogP contribution in [0.5, 0.6) is 0 Å². The van der Waals surface area contributed by atoms with Crippen LogP contribution in [0.2, 0.25) is 5.02 Å². The van der Waals surface area contributed by atoms with Crippen LogP contribution in [0.3, 0.4) is 0 Å². The molecule has 0 aromatic heterocycles. The second-order valence-corrected chi connectivity index (χ2v) is 5.17. The fraction of sp³-hybridized carbons (Fsp3) is 0.400. The molecule has 0 spiro atoms. The fourth-order valence-electron chi connectivity index (χ4n) is 2.14. The minimum atomic E-state index is -0.437. The first kappa shape index (κ1) is 13.9. The van der Waals surface area contributed by atoms with E-state index in [0.29, 0.717) is 11.6 Å². The Balaban J connectivity index is 2.10. The van der Waals surface area contributed by atoms with Gasteiger partial charge in [0.05, 0.1) is 12.0 Å². The van der Waals surface area contributed by atoms with Crippen molar-refractivity contribution in [1.29, 1.82) is 0 Å². The molecule has 1 aliphatic carbocycles. The molecule has 0 radical (unpaired) electrons. The predicted molar refractivity (Wildman–Crippen MR) is 75.0 cm³/mol. The number of hydrogen-bond donors (Lipinski definition) is 1. The van der Waals surface area contributed by atoms with E-state index in [0.717, 1.165) is 18.4 Å². The Morgan fingerprint density at radius 3 is 2.63 bits per heavy atom. The maximum atomic E-state index is 12.4. The van der Waals surface area contributed by atoms with Gasteiger partial charge in [0, 0.05) is 12.1 Å². The van der Waals surface area contributed by atoms with Crippen molar-refractivity contribution in [1.82, 2.24) is 5.32 Å². The lowest BCUT2D eigenvalue weighted by atomic mass is 9.95. The zero-order valence-electron chi connectivity index (χ0n) is 10.8. The largest absolute Gasteiger partial charge is 0.382 e. The van der Waals surface area contributed by atoms with Crippen molar-refractivity contribution in [2.75, 3.05) is 13.7 Å². The minimum absolute atomic E-state index is 0.0326. The van der Waals surface area contributed by atoms with Crippen LogP contribution in [0.15, 0.2) is 24.3 Å². The number of rotatable bonds is 5. The molecule has 1 saturated carbocycles. The number of ether oxygens (including phenoxy) is 1. The van der Waals surface area contributed by atoms with Crippen LogP contribution in [0.1, 0.15) is 18.4 Å². The number of methoxy groups -OCH3 is 1. The van der Waals surface area contributed by atoms with Crippen LogP contribution in [-0.2, 0) is 14.9 Å². The highest BCUT2D eigenvalue weighted by Crippen LogP contribution is 2.48. The lowest BCUT2D eigenvalue weighted by Crippen LogP contribution is -2.43. The van der Waals surface area contributed by atoms with Gasteiger partial charge in [-0.25, -0.2) is 0 Å². The molecular weight excluding hydrogens is 262 g/mol. The highest BCUT2D eigenvalue weighted by Gasteiger charge is 2.51. The first-order chi connectivity index (χ1) is 9.12. The number of amides is 1. The summed E-state index contributed by atoms with van der Waals surface area (Å²) in [4.78, 5) is 12.4. The third-order valence-electron chi connectivity index (χ3n) is 3.42. The maximum absolute atomic E-state index is 12.4. The SMILES string of the molecule is C#CC(COC)NC(=O)C1(c2ccc(Cl)cc2)CC1. The van der Waals surface area contributed by atoms with Crippen molar-refractivity contribution in [2.45, 2.75) is 24.3 Å². The average Bonchev–Trinajstić information content (AvgIpc) is 3.20. The quantitative estimate of drug-likeness (QED) is 0.838. The van der Waals surface area contributed by atoms with Gasteiger partial charge in [-0.2, -0.15) is 0 Å². The summed E-state index contributed by atoms with van der Waals surface area (Å²) in [6.45, 7) is 0.318. The number of carbonyl (C=O) groups is 1. The van der Waals surface area contributed by atoms with Crippen LogP contribution in [0.4, 0.5) is 0 Å². The van der Waals surface area contributed by atoms with E-state index in [-0.39, 0.29) is 11.9 Å². The number of terminal acetylenes is 1. The topological polar surface area (TPSA) is 38.3 Å². The van der Waals surface area contributed by atoms with Crippen molar-refractivity contribution >= 4 is 17.5 Å². The van der Waals surface area contributed by atoms with Gasteiger partial charge in [0.15, 0.2) is 0 Å². The summed E-state index contributed by atoms with van der Waals surface area (Å²) in [5.74, 6) is 2.48. The van der Waals surface area contributed by atoms with Crippen LogP contribution in [-0.4, -0.2) is 25.7 Å². The molecule has 0 heterocycles. The fourth-order valence-corrected chi connectivity index (χ4v) is 2.26. The smallest absolute Gasteiger partial charge is 0.231 e. The molecule has 100 valence electrons. The molecule has 1 amide bonds. The Kier molecular flexibility index (Phi) is 4.14. The molecular formula is C15H16ClNO2. The first-order valence-corrected chi connectivity index (χ1v) is 6.52. The monoisotopic (exact) mass is 277 g/mol. The molecule has 1 unspecified atom stereocenters. The normalized spacial score (nSPS) is 17.3. The van der Waals surface area contributed by atoms with E-state index in [1.807, 2.05) is 12.1 Å². The lowest BCUT2D eigenvalue weighted by molar-refractivity contribution is -0.124. The highest BCUT2D eigenvalue weighted by molar-refractivity contribution is 6.30. The second-order valence-electron chi connectivity index (χ2n) is 4.74. The van der Waals surface area contributed by atoms with E-state index < -0.39 is 5.41 Å². The van der Waals surface area contributed by atoms with Gasteiger partial charge in [0.25, 0.3) is 0 Å². The molecule has 19 heavy (non-hydrogen) atoms. The maximum Gasteiger partial charge on any atom is 0.231 e. The molecule has 3 nitrogen and oxygen atoms in total. The number of hydrogen-bond acceptors (Lipinski definition) is 2. The van der Waals surface area contributed by atoms with Crippen molar-refractivity contribution in [2.24, 2.45) is 0 Å². The standard InChI is InChI=1S/C15H16ClNO2/c1-3-13(10-19-2)17-14(18)15(8-9-15)11-4-6-12(16)7-5-11/h1,4-7,13H,8-10H2,2H3,(H,17,18). The molecule has 1 aliphatic rings. The van der Waals surface area contributed by atoms with E-state index >= 15 is 0 Å². The van der Waals surface area contributed by atoms with Gasteiger partial charge >= 0.3 is 0 Å². The molecule has 2 rings (SSSR count). The molecule has 1 fully saturated rings. The summed E-state index contributed by atoms with van der Waals surface area (Å²) < 4.78 is 4.98. The Morgan fingerprint density at radius 2 is 2.16 bits per heavy atom. The Bertz CT molecular complexity index is 500. The number of benzene rings is 1. The van der Waals surface area contributed by atoms with Crippen LogP contribution < -0.4 is 5.32 Å². The van der Waals surface area contributed by atoms with Gasteiger partial charge in [-0.1, -0.05) is 29.7 Å². The minimum Gasteiger partial charge on any atom is -0.382 e. The van der Waals surface area contributed by atoms with Crippen molar-refractivity contribution < 1.29 is 9.53 Å². The third-order valence-corrected chi connectivity index (χ3v) is 3.67. The van der Waals surface area contributed by atoms with Crippen molar-refractivity contribution in [3.05, 3.63) is 34.9 Å². The Morgan fingerprint density at radius 1 is 1.53 bits per heavy atom. The zero-order chi connectivity index (χ0) is 13.9. The van der Waals surface area contributed by atoms with E-state index in [2.05, 4.69) is 11.2 Å². The van der Waals surface area contributed by atoms with Crippen molar-refractivity contribution in [3.8, 4) is 12.3 Å². The van der Waals surface area contributed by atoms with Crippen molar-refractivity contribution in [3.63, 3.8) is 0 Å². The molecule has 1 N–H and O–H groups in total. The first-order valence-electron chi connectivity index (χ1n) is 6.14. The number of carbonyl (C=O) groups excluding carboxylic acids is 1. The van der Waals surface area contributed by atoms with Crippen LogP contribution in [0, 0.1) is 12.3 Å². The Labute approximate surface area is 118 Å². The van der Waals surface area contributed by atoms with E-state index in [4.69, 9.17) is 22.8 Å². The molecule has 1 aromatic carbocycles. The van der Waals surface area contributed by atoms with Gasteiger partial charge in [0.2, 0.25) is 5.91 Å². The molecule has 0 saturated heterocycles. The summed E-state index contributed by atoms with van der Waals surface area (Å²) in [5, 5.41) is 3.52. The highest BCUT2D eigenvalue weighted by atomic mass is 35.5. The summed E-state index contributed by atoms with van der Waals surface area (Å²) in [6, 6.07) is 7.02. The second kappa shape index (κ2) is 5.64. The van der Waals surface area contributed by atoms with Crippen LogP contribution >= 0.6 is 11.6 Å². The third kappa shape index (κ3) is 2.91. The Hall–Kier alpha value is -1.50. The molecule has 0 aliphatic heterocycles. The van der Waals surface area contributed by atoms with Gasteiger partial charge in [0.1, 0.15) is 6.04 Å². The number of halogens is 1. The molecule has 4 heteroatoms. The van der Waals surface area contributed by atoms with Gasteiger partial charge in [-0.3, -0.25) is 4.79 Å². The lowest BCUT2D eigenvalue weighted by Gasteiger charge is -2.19. The van der Waals surface area contributed by atoms with Gasteiger partial charge in [-0.05, 0) is 30.5 Å². The van der Waals surface area contributed by atoms with E-state index in [1.165, 1.54) is 0 Å². The average molecular weight is 278 g/mol. The van der Waals surface area contributed by atoms with Gasteiger partial charge < -0.3 is 10.1 Å². The summed E-state index contributed by atoms with van der Waals surface area (Å²) in [6.07, 6.45) is 7.04. The zero-order valence-corrected chi connectivity index (χ0v) is 11.5. The summed E-state index contributed by atoms with van der Waals surface area (Å²) in [5.41, 5.74) is 0.551. The number of nitrogens with one attached hydrogen (secondary N) is 1. The summed E-state index contributed by atoms with van der Waals surface area (Å²) in [7, 11) is 1.56. The van der Waals surface area contributed by atoms with Gasteiger partial charge in [-0.15, -0.1) is 6.42 Å². The molecule has 1 aromatic rings. The molecule has 1 atom stereocenters. The predicted octanol–water partition coefficient (Wildman–Crippen LogP) is 2.14. The molecule has 0 bridgehead atoms. The van der Waals surface area contributed by atoms with E-state index in [1.54, 1.807) is 19.2 Å².